The van der Waals surface area contributed by atoms with Crippen molar-refractivity contribution in [2.75, 3.05) is 0 Å². The number of hydrogen-bond donors (Lipinski definition) is 1. The van der Waals surface area contributed by atoms with E-state index in [1.807, 2.05) is 0 Å². The highest BCUT2D eigenvalue weighted by atomic mass is 32.2. The Morgan fingerprint density at radius 3 is 2.62 bits per heavy atom. The van der Waals surface area contributed by atoms with Crippen LogP contribution in [0.4, 0.5) is 22.0 Å². The molecule has 1 amide bonds. The van der Waals surface area contributed by atoms with Crippen molar-refractivity contribution in [3.8, 4) is 0 Å². The quantitative estimate of drug-likeness (QED) is 0.462. The third kappa shape index (κ3) is 4.91. The lowest BCUT2D eigenvalue weighted by Crippen LogP contribution is -2.48. The first kappa shape index (κ1) is 25.5. The molecule has 0 radical (unpaired) electrons. The lowest BCUT2D eigenvalue weighted by Gasteiger charge is -2.25. The molecule has 0 unspecified atom stereocenters. The second-order valence-corrected chi connectivity index (χ2v) is 11.0. The molecule has 8 nitrogen and oxygen atoms in total. The zero-order valence-corrected chi connectivity index (χ0v) is 20.1. The van der Waals surface area contributed by atoms with Gasteiger partial charge in [-0.1, -0.05) is 0 Å². The highest BCUT2D eigenvalue weighted by Crippen LogP contribution is 2.39. The highest BCUT2D eigenvalue weighted by Gasteiger charge is 2.50. The number of amides is 1. The number of nitrogens with one attached hydrogen (secondary N) is 1. The second kappa shape index (κ2) is 9.01. The van der Waals surface area contributed by atoms with E-state index in [1.54, 1.807) is 0 Å². The van der Waals surface area contributed by atoms with E-state index in [9.17, 15) is 35.2 Å². The predicted octanol–water partition coefficient (Wildman–Crippen LogP) is 4.31. The van der Waals surface area contributed by atoms with Gasteiger partial charge in [-0.25, -0.2) is 27.2 Å². The molecule has 2 fully saturated rings. The lowest BCUT2D eigenvalue weighted by atomic mass is 10.1. The van der Waals surface area contributed by atoms with Crippen LogP contribution < -0.4 is 5.32 Å². The maximum Gasteiger partial charge on any atom is 0.433 e. The van der Waals surface area contributed by atoms with Gasteiger partial charge in [0.25, 0.3) is 10.0 Å². The molecule has 5 rings (SSSR count). The SMILES string of the molecule is C[C@H]1[C@H](F)C[C@@H](C(=O)NCc2cc(C(F)(F)F)nc(C3CC3)n2)N1S(=O)(=O)c1cc2cc(F)ccc2o1.[HH]. The number of furan rings is 1. The van der Waals surface area contributed by atoms with Gasteiger partial charge in [0.1, 0.15) is 35.1 Å². The first-order valence-corrected chi connectivity index (χ1v) is 12.9. The van der Waals surface area contributed by atoms with Crippen LogP contribution in [0, 0.1) is 5.82 Å². The van der Waals surface area contributed by atoms with Crippen LogP contribution in [-0.2, 0) is 27.5 Å². The Morgan fingerprint density at radius 1 is 1.22 bits per heavy atom. The molecule has 1 N–H and O–H groups in total. The largest absolute Gasteiger partial charge is 0.443 e. The molecule has 1 saturated heterocycles. The first-order chi connectivity index (χ1) is 17.3. The van der Waals surface area contributed by atoms with Gasteiger partial charge in [0.15, 0.2) is 0 Å². The van der Waals surface area contributed by atoms with Crippen molar-refractivity contribution in [2.45, 2.75) is 68.2 Å². The molecule has 3 aromatic rings. The fraction of sp³-hybridized carbons (Fsp3) is 0.435. The average Bonchev–Trinajstić information content (AvgIpc) is 3.52. The van der Waals surface area contributed by atoms with Crippen molar-refractivity contribution < 1.29 is 41.0 Å². The van der Waals surface area contributed by atoms with E-state index in [4.69, 9.17) is 4.42 Å². The van der Waals surface area contributed by atoms with E-state index in [0.717, 1.165) is 18.2 Å². The Labute approximate surface area is 209 Å². The van der Waals surface area contributed by atoms with E-state index < -0.39 is 69.9 Å². The van der Waals surface area contributed by atoms with Crippen LogP contribution in [0.3, 0.4) is 0 Å². The third-order valence-corrected chi connectivity index (χ3v) is 8.30. The summed E-state index contributed by atoms with van der Waals surface area (Å²) in [6.07, 6.45) is -5.55. The topological polar surface area (TPSA) is 105 Å². The van der Waals surface area contributed by atoms with Crippen LogP contribution in [0.2, 0.25) is 0 Å². The van der Waals surface area contributed by atoms with E-state index in [2.05, 4.69) is 15.3 Å². The molecule has 14 heteroatoms. The maximum atomic E-state index is 14.7. The number of fused-ring (bicyclic) bond motifs is 1. The van der Waals surface area contributed by atoms with E-state index in [1.165, 1.54) is 13.0 Å². The zero-order valence-electron chi connectivity index (χ0n) is 19.3. The number of alkyl halides is 4. The second-order valence-electron chi connectivity index (χ2n) is 9.18. The molecule has 1 aliphatic carbocycles. The summed E-state index contributed by atoms with van der Waals surface area (Å²) in [5.41, 5.74) is -1.16. The van der Waals surface area contributed by atoms with Gasteiger partial charge in [0.05, 0.1) is 18.3 Å². The number of halogens is 5. The van der Waals surface area contributed by atoms with Crippen LogP contribution in [0.15, 0.2) is 39.8 Å². The van der Waals surface area contributed by atoms with Crippen molar-refractivity contribution in [2.24, 2.45) is 0 Å². The third-order valence-electron chi connectivity index (χ3n) is 6.44. The van der Waals surface area contributed by atoms with Crippen LogP contribution in [0.1, 0.15) is 50.7 Å². The van der Waals surface area contributed by atoms with Crippen molar-refractivity contribution >= 4 is 26.9 Å². The molecule has 1 aliphatic heterocycles. The summed E-state index contributed by atoms with van der Waals surface area (Å²) in [7, 11) is -4.54. The number of carbonyl (C=O) groups is 1. The first-order valence-electron chi connectivity index (χ1n) is 11.4. The number of aromatic nitrogens is 2. The minimum atomic E-state index is -4.71. The number of carbonyl (C=O) groups excluding carboxylic acids is 1. The van der Waals surface area contributed by atoms with Crippen molar-refractivity contribution in [3.05, 3.63) is 53.4 Å². The Bertz CT molecular complexity index is 1480. The molecular formula is C23H23F5N4O4S. The van der Waals surface area contributed by atoms with Gasteiger partial charge < -0.3 is 9.73 Å². The van der Waals surface area contributed by atoms with Crippen molar-refractivity contribution in [1.29, 1.82) is 0 Å². The zero-order chi connectivity index (χ0) is 26.7. The Hall–Kier alpha value is -3.13. The molecule has 1 saturated carbocycles. The average molecular weight is 547 g/mol. The van der Waals surface area contributed by atoms with Crippen LogP contribution >= 0.6 is 0 Å². The van der Waals surface area contributed by atoms with Crippen LogP contribution in [0.5, 0.6) is 0 Å². The standard InChI is InChI=1S/C23H21F5N4O4S.H2/c1-11-16(25)9-17(32(11)37(34,35)20-7-13-6-14(24)4-5-18(13)36-20)22(33)29-10-15-8-19(23(26,27)28)31-21(30-15)12-2-3-12;/h4-8,11-12,16-17H,2-3,9-10H2,1H3,(H,29,33);1H/t11-,16+,17-;/m0./s1. The van der Waals surface area contributed by atoms with Crippen LogP contribution in [-0.4, -0.2) is 46.9 Å². The molecular weight excluding hydrogens is 523 g/mol. The molecule has 3 atom stereocenters. The molecule has 200 valence electrons. The summed E-state index contributed by atoms with van der Waals surface area (Å²) in [6, 6.07) is 2.46. The number of hydrogen-bond acceptors (Lipinski definition) is 6. The van der Waals surface area contributed by atoms with Crippen molar-refractivity contribution in [3.63, 3.8) is 0 Å². The fourth-order valence-electron chi connectivity index (χ4n) is 4.36. The maximum absolute atomic E-state index is 14.7. The summed E-state index contributed by atoms with van der Waals surface area (Å²) < 4.78 is 101. The van der Waals surface area contributed by atoms with Gasteiger partial charge in [0.2, 0.25) is 11.0 Å². The normalized spacial score (nSPS) is 23.0. The number of sulfonamides is 1. The van der Waals surface area contributed by atoms with Gasteiger partial charge in [-0.15, -0.1) is 0 Å². The Kier molecular flexibility index (Phi) is 6.21. The summed E-state index contributed by atoms with van der Waals surface area (Å²) in [6.45, 7) is 0.851. The lowest BCUT2D eigenvalue weighted by molar-refractivity contribution is -0.141. The fourth-order valence-corrected chi connectivity index (χ4v) is 6.13. The number of benzene rings is 1. The minimum absolute atomic E-state index is 0. The summed E-state index contributed by atoms with van der Waals surface area (Å²) in [5, 5.41) is 1.96. The van der Waals surface area contributed by atoms with E-state index in [-0.39, 0.29) is 29.8 Å². The van der Waals surface area contributed by atoms with Crippen LogP contribution in [0.25, 0.3) is 11.0 Å². The molecule has 2 aromatic heterocycles. The monoisotopic (exact) mass is 546 g/mol. The molecule has 1 aromatic carbocycles. The highest BCUT2D eigenvalue weighted by molar-refractivity contribution is 7.89. The Balaban J connectivity index is 0.00000336. The molecule has 0 bridgehead atoms. The smallest absolute Gasteiger partial charge is 0.433 e. The van der Waals surface area contributed by atoms with E-state index in [0.29, 0.717) is 23.2 Å². The summed E-state index contributed by atoms with van der Waals surface area (Å²) >= 11 is 0. The van der Waals surface area contributed by atoms with Gasteiger partial charge in [-0.2, -0.15) is 17.5 Å². The predicted molar refractivity (Wildman–Crippen MR) is 121 cm³/mol. The minimum Gasteiger partial charge on any atom is -0.443 e. The molecule has 37 heavy (non-hydrogen) atoms. The van der Waals surface area contributed by atoms with E-state index >= 15 is 0 Å². The number of nitrogens with zero attached hydrogens (tertiary/aromatic N) is 3. The van der Waals surface area contributed by atoms with Gasteiger partial charge in [-0.05, 0) is 44.0 Å². The molecule has 3 heterocycles. The molecule has 0 spiro atoms. The molecule has 2 aliphatic rings. The summed E-state index contributed by atoms with van der Waals surface area (Å²) in [4.78, 5) is 20.7. The van der Waals surface area contributed by atoms with Gasteiger partial charge in [0, 0.05) is 25.2 Å². The summed E-state index contributed by atoms with van der Waals surface area (Å²) in [5.74, 6) is -1.67. The van der Waals surface area contributed by atoms with Gasteiger partial charge in [-0.3, -0.25) is 4.79 Å². The van der Waals surface area contributed by atoms with Crippen molar-refractivity contribution in [1.82, 2.24) is 19.6 Å². The number of rotatable bonds is 6. The van der Waals surface area contributed by atoms with Gasteiger partial charge >= 0.3 is 6.18 Å². The Morgan fingerprint density at radius 2 is 1.95 bits per heavy atom.